The van der Waals surface area contributed by atoms with Crippen LogP contribution in [0.1, 0.15) is 19.8 Å². The molecule has 1 aliphatic heterocycles. The molecule has 1 fully saturated rings. The molecule has 0 aliphatic carbocycles. The molecule has 1 aliphatic rings. The van der Waals surface area contributed by atoms with Crippen LogP contribution in [0.5, 0.6) is 0 Å². The van der Waals surface area contributed by atoms with Crippen molar-refractivity contribution in [3.05, 3.63) is 0 Å². The van der Waals surface area contributed by atoms with Crippen molar-refractivity contribution < 1.29 is 14.7 Å². The molecule has 2 atom stereocenters. The maximum Gasteiger partial charge on any atom is 0.319 e. The van der Waals surface area contributed by atoms with E-state index >= 15 is 0 Å². The summed E-state index contributed by atoms with van der Waals surface area (Å²) in [7, 11) is 1.63. The summed E-state index contributed by atoms with van der Waals surface area (Å²) in [6, 6.07) is -0.0914. The van der Waals surface area contributed by atoms with Gasteiger partial charge in [0.1, 0.15) is 0 Å². The summed E-state index contributed by atoms with van der Waals surface area (Å²) < 4.78 is 0. The Hall–Kier alpha value is -1.30. The van der Waals surface area contributed by atoms with Crippen LogP contribution >= 0.6 is 0 Å². The van der Waals surface area contributed by atoms with E-state index in [1.165, 1.54) is 4.90 Å². The average molecular weight is 243 g/mol. The smallest absolute Gasteiger partial charge is 0.319 e. The van der Waals surface area contributed by atoms with Crippen LogP contribution in [0.15, 0.2) is 0 Å². The van der Waals surface area contributed by atoms with Crippen molar-refractivity contribution in [2.75, 3.05) is 26.7 Å². The third kappa shape index (κ3) is 3.89. The molecule has 1 rings (SSSR count). The highest BCUT2D eigenvalue weighted by Crippen LogP contribution is 2.11. The first-order valence-corrected chi connectivity index (χ1v) is 5.90. The lowest BCUT2D eigenvalue weighted by Crippen LogP contribution is -2.50. The van der Waals surface area contributed by atoms with E-state index in [0.29, 0.717) is 13.1 Å². The molecule has 6 nitrogen and oxygen atoms in total. The molecular formula is C11H21N3O3. The molecule has 1 heterocycles. The normalized spacial score (nSPS) is 22.1. The van der Waals surface area contributed by atoms with Crippen LogP contribution in [0.4, 0.5) is 4.79 Å². The predicted octanol–water partition coefficient (Wildman–Crippen LogP) is 0.182. The van der Waals surface area contributed by atoms with Crippen LogP contribution in [0.2, 0.25) is 0 Å². The van der Waals surface area contributed by atoms with Crippen molar-refractivity contribution in [2.24, 2.45) is 11.7 Å². The van der Waals surface area contributed by atoms with E-state index < -0.39 is 11.9 Å². The summed E-state index contributed by atoms with van der Waals surface area (Å²) in [5, 5.41) is 8.79. The number of carboxylic acid groups (broad SMARTS) is 1. The van der Waals surface area contributed by atoms with Gasteiger partial charge in [-0.2, -0.15) is 0 Å². The molecule has 2 amide bonds. The fourth-order valence-corrected chi connectivity index (χ4v) is 1.99. The number of carboxylic acids is 1. The first kappa shape index (κ1) is 13.8. The van der Waals surface area contributed by atoms with E-state index in [4.69, 9.17) is 10.8 Å². The molecule has 0 saturated carbocycles. The largest absolute Gasteiger partial charge is 0.481 e. The number of carbonyl (C=O) groups is 2. The summed E-state index contributed by atoms with van der Waals surface area (Å²) in [4.78, 5) is 25.9. The molecule has 98 valence electrons. The van der Waals surface area contributed by atoms with Crippen LogP contribution in [0.3, 0.4) is 0 Å². The van der Waals surface area contributed by atoms with Crippen molar-refractivity contribution >= 4 is 12.0 Å². The third-order valence-corrected chi connectivity index (χ3v) is 3.02. The summed E-state index contributed by atoms with van der Waals surface area (Å²) in [6.45, 7) is 3.08. The second kappa shape index (κ2) is 5.86. The standard InChI is InChI=1S/C11H21N3O3/c1-8(10(15)16)6-13(2)11(17)14-5-3-4-9(12)7-14/h8-9H,3-7,12H2,1-2H3,(H,15,16). The Morgan fingerprint density at radius 3 is 2.76 bits per heavy atom. The molecule has 2 unspecified atom stereocenters. The minimum atomic E-state index is -0.889. The summed E-state index contributed by atoms with van der Waals surface area (Å²) >= 11 is 0. The van der Waals surface area contributed by atoms with E-state index in [0.717, 1.165) is 12.8 Å². The van der Waals surface area contributed by atoms with E-state index in [9.17, 15) is 9.59 Å². The molecule has 0 aromatic carbocycles. The number of aliphatic carboxylic acids is 1. The monoisotopic (exact) mass is 243 g/mol. The van der Waals surface area contributed by atoms with Crippen LogP contribution in [-0.4, -0.2) is 59.6 Å². The van der Waals surface area contributed by atoms with E-state index in [-0.39, 0.29) is 18.6 Å². The number of urea groups is 1. The lowest BCUT2D eigenvalue weighted by molar-refractivity contribution is -0.141. The molecule has 0 aromatic rings. The van der Waals surface area contributed by atoms with Crippen molar-refractivity contribution in [2.45, 2.75) is 25.8 Å². The second-order valence-corrected chi connectivity index (χ2v) is 4.75. The number of likely N-dealkylation sites (tertiary alicyclic amines) is 1. The van der Waals surface area contributed by atoms with E-state index in [1.807, 2.05) is 0 Å². The minimum absolute atomic E-state index is 0.0398. The van der Waals surface area contributed by atoms with Crippen molar-refractivity contribution in [3.8, 4) is 0 Å². The quantitative estimate of drug-likeness (QED) is 0.740. The van der Waals surface area contributed by atoms with Gasteiger partial charge < -0.3 is 20.6 Å². The van der Waals surface area contributed by atoms with Gasteiger partial charge >= 0.3 is 12.0 Å². The SMILES string of the molecule is CC(CN(C)C(=O)N1CCCC(N)C1)C(=O)O. The highest BCUT2D eigenvalue weighted by Gasteiger charge is 2.25. The van der Waals surface area contributed by atoms with Crippen molar-refractivity contribution in [1.29, 1.82) is 0 Å². The number of piperidine rings is 1. The molecular weight excluding hydrogens is 222 g/mol. The number of nitrogens with two attached hydrogens (primary N) is 1. The number of hydrogen-bond acceptors (Lipinski definition) is 3. The van der Waals surface area contributed by atoms with Gasteiger partial charge in [0.25, 0.3) is 0 Å². The highest BCUT2D eigenvalue weighted by atomic mass is 16.4. The van der Waals surface area contributed by atoms with Gasteiger partial charge in [-0.25, -0.2) is 4.79 Å². The molecule has 17 heavy (non-hydrogen) atoms. The van der Waals surface area contributed by atoms with Crippen LogP contribution in [0.25, 0.3) is 0 Å². The van der Waals surface area contributed by atoms with Gasteiger partial charge in [0, 0.05) is 32.7 Å². The Balaban J connectivity index is 2.48. The Bertz CT molecular complexity index is 296. The third-order valence-electron chi connectivity index (χ3n) is 3.02. The molecule has 0 bridgehead atoms. The average Bonchev–Trinajstić information content (AvgIpc) is 2.27. The van der Waals surface area contributed by atoms with E-state index in [2.05, 4.69) is 0 Å². The van der Waals surface area contributed by atoms with Gasteiger partial charge in [0.05, 0.1) is 5.92 Å². The summed E-state index contributed by atoms with van der Waals surface area (Å²) in [5.41, 5.74) is 5.81. The maximum absolute atomic E-state index is 12.0. The Morgan fingerprint density at radius 1 is 1.59 bits per heavy atom. The number of rotatable bonds is 3. The minimum Gasteiger partial charge on any atom is -0.481 e. The number of amides is 2. The maximum atomic E-state index is 12.0. The van der Waals surface area contributed by atoms with Gasteiger partial charge in [-0.3, -0.25) is 4.79 Å². The van der Waals surface area contributed by atoms with Gasteiger partial charge in [-0.05, 0) is 12.8 Å². The Morgan fingerprint density at radius 2 is 2.24 bits per heavy atom. The second-order valence-electron chi connectivity index (χ2n) is 4.75. The Labute approximate surface area is 101 Å². The zero-order valence-corrected chi connectivity index (χ0v) is 10.4. The molecule has 0 aromatic heterocycles. The number of nitrogens with zero attached hydrogens (tertiary/aromatic N) is 2. The first-order valence-electron chi connectivity index (χ1n) is 5.90. The van der Waals surface area contributed by atoms with Crippen molar-refractivity contribution in [3.63, 3.8) is 0 Å². The topological polar surface area (TPSA) is 86.9 Å². The lowest BCUT2D eigenvalue weighted by Gasteiger charge is -2.34. The van der Waals surface area contributed by atoms with Crippen LogP contribution < -0.4 is 5.73 Å². The van der Waals surface area contributed by atoms with Crippen molar-refractivity contribution in [1.82, 2.24) is 9.80 Å². The zero-order chi connectivity index (χ0) is 13.0. The summed E-state index contributed by atoms with van der Waals surface area (Å²) in [5.74, 6) is -1.44. The summed E-state index contributed by atoms with van der Waals surface area (Å²) in [6.07, 6.45) is 1.86. The van der Waals surface area contributed by atoms with Crippen LogP contribution in [0, 0.1) is 5.92 Å². The number of hydrogen-bond donors (Lipinski definition) is 2. The molecule has 0 spiro atoms. The Kier molecular flexibility index (Phi) is 4.74. The number of carbonyl (C=O) groups excluding carboxylic acids is 1. The fourth-order valence-electron chi connectivity index (χ4n) is 1.99. The predicted molar refractivity (Wildman–Crippen MR) is 63.6 cm³/mol. The molecule has 0 radical (unpaired) electrons. The first-order chi connectivity index (χ1) is 7.91. The zero-order valence-electron chi connectivity index (χ0n) is 10.4. The highest BCUT2D eigenvalue weighted by molar-refractivity contribution is 5.76. The van der Waals surface area contributed by atoms with Gasteiger partial charge in [-0.1, -0.05) is 6.92 Å². The fraction of sp³-hybridized carbons (Fsp3) is 0.818. The van der Waals surface area contributed by atoms with Gasteiger partial charge in [0.15, 0.2) is 0 Å². The van der Waals surface area contributed by atoms with Gasteiger partial charge in [0.2, 0.25) is 0 Å². The molecule has 1 saturated heterocycles. The van der Waals surface area contributed by atoms with Gasteiger partial charge in [-0.15, -0.1) is 0 Å². The van der Waals surface area contributed by atoms with E-state index in [1.54, 1.807) is 18.9 Å². The molecule has 6 heteroatoms. The van der Waals surface area contributed by atoms with Crippen LogP contribution in [-0.2, 0) is 4.79 Å². The molecule has 3 N–H and O–H groups in total. The lowest BCUT2D eigenvalue weighted by atomic mass is 10.1.